The minimum absolute atomic E-state index is 0.340. The van der Waals surface area contributed by atoms with Crippen molar-refractivity contribution in [2.75, 3.05) is 0 Å². The van der Waals surface area contributed by atoms with Gasteiger partial charge in [0.05, 0.1) is 0 Å². The van der Waals surface area contributed by atoms with Crippen LogP contribution in [-0.4, -0.2) is 6.71 Å². The fourth-order valence-electron chi connectivity index (χ4n) is 6.96. The lowest BCUT2D eigenvalue weighted by atomic mass is 9.30. The second-order valence-corrected chi connectivity index (χ2v) is 10.6. The minimum atomic E-state index is 0.340. The molecule has 3 aliphatic rings. The van der Waals surface area contributed by atoms with Crippen LogP contribution in [-0.2, 0) is 19.3 Å². The molecule has 0 radical (unpaired) electrons. The van der Waals surface area contributed by atoms with Crippen molar-refractivity contribution in [2.24, 2.45) is 0 Å². The molecule has 8 rings (SSSR count). The van der Waals surface area contributed by atoms with Crippen LogP contribution in [0, 0.1) is 6.92 Å². The van der Waals surface area contributed by atoms with Gasteiger partial charge in [0.2, 0.25) is 6.71 Å². The third-order valence-corrected chi connectivity index (χ3v) is 8.57. The van der Waals surface area contributed by atoms with Crippen molar-refractivity contribution in [2.45, 2.75) is 26.2 Å². The molecular weight excluding hydrogens is 419 g/mol. The molecule has 5 aromatic rings. The molecular formula is C34H25B. The molecule has 1 heteroatoms. The number of fused-ring (bicyclic) bond motifs is 7. The quantitative estimate of drug-likeness (QED) is 0.291. The highest BCUT2D eigenvalue weighted by atomic mass is 14.3. The third kappa shape index (κ3) is 2.76. The normalized spacial score (nSPS) is 14.0. The molecule has 0 amide bonds. The summed E-state index contributed by atoms with van der Waals surface area (Å²) in [5.74, 6) is 0. The van der Waals surface area contributed by atoms with E-state index in [1.807, 2.05) is 0 Å². The van der Waals surface area contributed by atoms with Crippen LogP contribution in [0.1, 0.15) is 38.9 Å². The summed E-state index contributed by atoms with van der Waals surface area (Å²) in [4.78, 5) is 0. The van der Waals surface area contributed by atoms with Gasteiger partial charge in [0.1, 0.15) is 0 Å². The average molecular weight is 444 g/mol. The molecule has 2 heterocycles. The Balaban J connectivity index is 1.36. The van der Waals surface area contributed by atoms with Crippen molar-refractivity contribution >= 4 is 23.1 Å². The predicted molar refractivity (Wildman–Crippen MR) is 148 cm³/mol. The number of hydrogen-bond acceptors (Lipinski definition) is 0. The molecule has 0 saturated heterocycles. The summed E-state index contributed by atoms with van der Waals surface area (Å²) >= 11 is 0. The fraction of sp³-hybridized carbons (Fsp3) is 0.118. The molecule has 0 nitrogen and oxygen atoms in total. The molecule has 35 heavy (non-hydrogen) atoms. The largest absolute Gasteiger partial charge is 0.242 e. The van der Waals surface area contributed by atoms with Crippen LogP contribution in [0.25, 0.3) is 22.3 Å². The van der Waals surface area contributed by atoms with Crippen LogP contribution >= 0.6 is 0 Å². The van der Waals surface area contributed by atoms with E-state index in [1.54, 1.807) is 5.46 Å². The second kappa shape index (κ2) is 7.09. The lowest BCUT2D eigenvalue weighted by Gasteiger charge is -2.35. The first kappa shape index (κ1) is 19.5. The number of hydrogen-bond donors (Lipinski definition) is 0. The SMILES string of the molecule is Cc1ccc2c(c1)-c1cc(-c3ccc4c5c3Cc3ccccc3B5c3ccccc3C4)ccc1C2. The number of benzene rings is 5. The topological polar surface area (TPSA) is 0 Å². The van der Waals surface area contributed by atoms with E-state index in [-0.39, 0.29) is 0 Å². The fourth-order valence-corrected chi connectivity index (χ4v) is 6.96. The molecule has 0 bridgehead atoms. The highest BCUT2D eigenvalue weighted by Gasteiger charge is 2.37. The van der Waals surface area contributed by atoms with Gasteiger partial charge in [-0.15, -0.1) is 0 Å². The molecule has 0 aromatic heterocycles. The standard InChI is InChI=1S/C34H25B/c1-21-10-11-22-17-23-12-13-24(19-30(23)29(22)16-21)28-15-14-27-18-25-6-2-4-8-32(25)35-33-9-5-3-7-26(33)20-31(28)34(27)35/h2-16,19H,17-18,20H2,1H3. The highest BCUT2D eigenvalue weighted by Crippen LogP contribution is 2.40. The van der Waals surface area contributed by atoms with Gasteiger partial charge in [0.25, 0.3) is 0 Å². The molecule has 1 aliphatic carbocycles. The number of rotatable bonds is 1. The zero-order chi connectivity index (χ0) is 23.1. The van der Waals surface area contributed by atoms with Crippen molar-refractivity contribution in [1.29, 1.82) is 0 Å². The Labute approximate surface area is 207 Å². The summed E-state index contributed by atoms with van der Waals surface area (Å²) in [6.07, 6.45) is 3.10. The second-order valence-electron chi connectivity index (χ2n) is 10.6. The van der Waals surface area contributed by atoms with Crippen molar-refractivity contribution in [3.63, 3.8) is 0 Å². The van der Waals surface area contributed by atoms with Crippen LogP contribution in [0.5, 0.6) is 0 Å². The molecule has 0 atom stereocenters. The van der Waals surface area contributed by atoms with Crippen LogP contribution in [0.4, 0.5) is 0 Å². The van der Waals surface area contributed by atoms with E-state index in [0.717, 1.165) is 19.3 Å². The molecule has 0 saturated carbocycles. The van der Waals surface area contributed by atoms with Gasteiger partial charge in [-0.05, 0) is 87.9 Å². The molecule has 5 aromatic carbocycles. The third-order valence-electron chi connectivity index (χ3n) is 8.57. The van der Waals surface area contributed by atoms with Crippen molar-refractivity contribution in [1.82, 2.24) is 0 Å². The Morgan fingerprint density at radius 2 is 1.14 bits per heavy atom. The van der Waals surface area contributed by atoms with E-state index in [4.69, 9.17) is 0 Å². The van der Waals surface area contributed by atoms with E-state index >= 15 is 0 Å². The smallest absolute Gasteiger partial charge is 0.0667 e. The monoisotopic (exact) mass is 444 g/mol. The maximum Gasteiger partial charge on any atom is 0.242 e. The lowest BCUT2D eigenvalue weighted by Crippen LogP contribution is -2.61. The van der Waals surface area contributed by atoms with Gasteiger partial charge in [0.15, 0.2) is 0 Å². The van der Waals surface area contributed by atoms with E-state index in [0.29, 0.717) is 6.71 Å². The first-order chi connectivity index (χ1) is 17.2. The van der Waals surface area contributed by atoms with Gasteiger partial charge in [-0.25, -0.2) is 0 Å². The molecule has 0 unspecified atom stereocenters. The van der Waals surface area contributed by atoms with Crippen LogP contribution in [0.3, 0.4) is 0 Å². The lowest BCUT2D eigenvalue weighted by molar-refractivity contribution is 1.15. The molecule has 164 valence electrons. The van der Waals surface area contributed by atoms with E-state index in [9.17, 15) is 0 Å². The Morgan fingerprint density at radius 1 is 0.514 bits per heavy atom. The molecule has 0 N–H and O–H groups in total. The van der Waals surface area contributed by atoms with Crippen LogP contribution in [0.15, 0.2) is 97.1 Å². The summed E-state index contributed by atoms with van der Waals surface area (Å²) < 4.78 is 0. The van der Waals surface area contributed by atoms with E-state index in [1.165, 1.54) is 72.1 Å². The Hall–Kier alpha value is -3.84. The summed E-state index contributed by atoms with van der Waals surface area (Å²) in [6, 6.07) is 37.1. The van der Waals surface area contributed by atoms with E-state index < -0.39 is 0 Å². The van der Waals surface area contributed by atoms with Crippen molar-refractivity contribution < 1.29 is 0 Å². The molecule has 0 fully saturated rings. The highest BCUT2D eigenvalue weighted by molar-refractivity contribution is 6.97. The average Bonchev–Trinajstić information content (AvgIpc) is 3.25. The summed E-state index contributed by atoms with van der Waals surface area (Å²) in [5, 5.41) is 0. The maximum absolute atomic E-state index is 2.46. The van der Waals surface area contributed by atoms with E-state index in [2.05, 4.69) is 104 Å². The van der Waals surface area contributed by atoms with Gasteiger partial charge in [-0.3, -0.25) is 0 Å². The summed E-state index contributed by atoms with van der Waals surface area (Å²) in [5.41, 5.74) is 20.4. The first-order valence-corrected chi connectivity index (χ1v) is 12.8. The van der Waals surface area contributed by atoms with Gasteiger partial charge in [-0.2, -0.15) is 0 Å². The summed E-state index contributed by atoms with van der Waals surface area (Å²) in [6.45, 7) is 2.54. The van der Waals surface area contributed by atoms with Crippen LogP contribution < -0.4 is 16.4 Å². The van der Waals surface area contributed by atoms with Crippen LogP contribution in [0.2, 0.25) is 0 Å². The van der Waals surface area contributed by atoms with Gasteiger partial charge in [0, 0.05) is 0 Å². The van der Waals surface area contributed by atoms with Crippen molar-refractivity contribution in [3.8, 4) is 22.3 Å². The summed E-state index contributed by atoms with van der Waals surface area (Å²) in [7, 11) is 0. The van der Waals surface area contributed by atoms with Gasteiger partial charge in [-0.1, -0.05) is 113 Å². The maximum atomic E-state index is 2.46. The molecule has 2 aliphatic heterocycles. The Morgan fingerprint density at radius 3 is 1.94 bits per heavy atom. The molecule has 0 spiro atoms. The van der Waals surface area contributed by atoms with Gasteiger partial charge < -0.3 is 0 Å². The Kier molecular flexibility index (Phi) is 3.94. The minimum Gasteiger partial charge on any atom is -0.0667 e. The van der Waals surface area contributed by atoms with Crippen molar-refractivity contribution in [3.05, 3.63) is 136 Å². The number of aryl methyl sites for hydroxylation is 1. The zero-order valence-electron chi connectivity index (χ0n) is 19.9. The predicted octanol–water partition coefficient (Wildman–Crippen LogP) is 5.56. The first-order valence-electron chi connectivity index (χ1n) is 12.8. The Bertz CT molecular complexity index is 1680. The van der Waals surface area contributed by atoms with Gasteiger partial charge >= 0.3 is 0 Å². The zero-order valence-corrected chi connectivity index (χ0v) is 19.9.